The highest BCUT2D eigenvalue weighted by Gasteiger charge is 2.06. The molecule has 106 valence electrons. The lowest BCUT2D eigenvalue weighted by Crippen LogP contribution is -2.03. The monoisotopic (exact) mass is 269 g/mol. The molecule has 2 aromatic rings. The van der Waals surface area contributed by atoms with Crippen LogP contribution in [0.15, 0.2) is 30.3 Å². The quantitative estimate of drug-likeness (QED) is 0.843. The zero-order valence-corrected chi connectivity index (χ0v) is 12.6. The molecule has 0 aliphatic heterocycles. The molecule has 2 rings (SSSR count). The van der Waals surface area contributed by atoms with Crippen molar-refractivity contribution in [3.8, 4) is 0 Å². The molecule has 2 N–H and O–H groups in total. The molecule has 1 aromatic carbocycles. The lowest BCUT2D eigenvalue weighted by atomic mass is 10.1. The van der Waals surface area contributed by atoms with Crippen molar-refractivity contribution < 1.29 is 0 Å². The summed E-state index contributed by atoms with van der Waals surface area (Å²) in [5.74, 6) is 1.41. The molecular weight excluding hydrogens is 246 g/mol. The highest BCUT2D eigenvalue weighted by atomic mass is 14.9. The van der Waals surface area contributed by atoms with E-state index in [2.05, 4.69) is 42.0 Å². The zero-order valence-electron chi connectivity index (χ0n) is 12.6. The number of nitrogens with zero attached hydrogens (tertiary/aromatic N) is 2. The summed E-state index contributed by atoms with van der Waals surface area (Å²) < 4.78 is 0. The van der Waals surface area contributed by atoms with E-state index in [4.69, 9.17) is 5.73 Å². The Labute approximate surface area is 121 Å². The molecular formula is C17H23N3. The van der Waals surface area contributed by atoms with Crippen LogP contribution in [0.4, 0.5) is 5.69 Å². The molecule has 0 unspecified atom stereocenters. The second-order valence-corrected chi connectivity index (χ2v) is 5.60. The van der Waals surface area contributed by atoms with Crippen LogP contribution in [0.3, 0.4) is 0 Å². The summed E-state index contributed by atoms with van der Waals surface area (Å²) in [5.41, 5.74) is 10.0. The summed E-state index contributed by atoms with van der Waals surface area (Å²) in [5, 5.41) is 0. The van der Waals surface area contributed by atoms with Crippen molar-refractivity contribution in [1.29, 1.82) is 0 Å². The van der Waals surface area contributed by atoms with E-state index < -0.39 is 0 Å². The van der Waals surface area contributed by atoms with E-state index in [1.807, 2.05) is 19.1 Å². The summed E-state index contributed by atoms with van der Waals surface area (Å²) in [6.07, 6.45) is 3.02. The van der Waals surface area contributed by atoms with Gasteiger partial charge in [0.05, 0.1) is 0 Å². The molecule has 0 saturated heterocycles. The lowest BCUT2D eigenvalue weighted by molar-refractivity contribution is 0.730. The topological polar surface area (TPSA) is 51.8 Å². The Morgan fingerprint density at radius 1 is 1.05 bits per heavy atom. The smallest absolute Gasteiger partial charge is 0.128 e. The Hall–Kier alpha value is -1.90. The summed E-state index contributed by atoms with van der Waals surface area (Å²) >= 11 is 0. The number of aryl methyl sites for hydroxylation is 3. The number of rotatable bonds is 5. The van der Waals surface area contributed by atoms with Crippen LogP contribution in [-0.2, 0) is 12.8 Å². The normalized spacial score (nSPS) is 11.0. The molecule has 0 amide bonds. The molecule has 1 heterocycles. The van der Waals surface area contributed by atoms with Crippen molar-refractivity contribution in [2.45, 2.75) is 46.0 Å². The van der Waals surface area contributed by atoms with Gasteiger partial charge in [-0.25, -0.2) is 9.97 Å². The van der Waals surface area contributed by atoms with Crippen molar-refractivity contribution in [2.75, 3.05) is 5.73 Å². The number of hydrogen-bond donors (Lipinski definition) is 1. The first-order chi connectivity index (χ1) is 9.54. The maximum atomic E-state index is 5.69. The fourth-order valence-corrected chi connectivity index (χ4v) is 2.20. The molecule has 0 bridgehead atoms. The van der Waals surface area contributed by atoms with Crippen LogP contribution in [0.5, 0.6) is 0 Å². The van der Waals surface area contributed by atoms with Gasteiger partial charge in [0, 0.05) is 23.5 Å². The molecule has 3 heteroatoms. The Bertz CT molecular complexity index is 559. The van der Waals surface area contributed by atoms with E-state index >= 15 is 0 Å². The SMILES string of the molecule is Cc1cc(C(C)C)nc(CCCc2ccc(N)cc2)n1. The van der Waals surface area contributed by atoms with Gasteiger partial charge in [-0.3, -0.25) is 0 Å². The molecule has 0 aliphatic carbocycles. The van der Waals surface area contributed by atoms with Gasteiger partial charge in [0.25, 0.3) is 0 Å². The molecule has 0 saturated carbocycles. The van der Waals surface area contributed by atoms with E-state index in [-0.39, 0.29) is 0 Å². The third-order valence-corrected chi connectivity index (χ3v) is 3.36. The lowest BCUT2D eigenvalue weighted by Gasteiger charge is -2.08. The van der Waals surface area contributed by atoms with Gasteiger partial charge in [-0.05, 0) is 49.4 Å². The minimum atomic E-state index is 0.451. The third-order valence-electron chi connectivity index (χ3n) is 3.36. The number of anilines is 1. The predicted octanol–water partition coefficient (Wildman–Crippen LogP) is 3.67. The van der Waals surface area contributed by atoms with Crippen molar-refractivity contribution in [2.24, 2.45) is 0 Å². The van der Waals surface area contributed by atoms with Crippen LogP contribution in [0, 0.1) is 6.92 Å². The van der Waals surface area contributed by atoms with Crippen molar-refractivity contribution in [1.82, 2.24) is 9.97 Å². The summed E-state index contributed by atoms with van der Waals surface area (Å²) in [7, 11) is 0. The maximum Gasteiger partial charge on any atom is 0.128 e. The molecule has 20 heavy (non-hydrogen) atoms. The molecule has 0 aliphatic rings. The Balaban J connectivity index is 1.95. The standard InChI is InChI=1S/C17H23N3/c1-12(2)16-11-13(3)19-17(20-16)6-4-5-14-7-9-15(18)10-8-14/h7-12H,4-6,18H2,1-3H3. The van der Waals surface area contributed by atoms with E-state index in [0.717, 1.165) is 42.2 Å². The van der Waals surface area contributed by atoms with Crippen LogP contribution in [0.25, 0.3) is 0 Å². The van der Waals surface area contributed by atoms with Gasteiger partial charge < -0.3 is 5.73 Å². The van der Waals surface area contributed by atoms with Gasteiger partial charge in [0.15, 0.2) is 0 Å². The number of nitrogen functional groups attached to an aromatic ring is 1. The van der Waals surface area contributed by atoms with E-state index in [0.29, 0.717) is 5.92 Å². The molecule has 3 nitrogen and oxygen atoms in total. The van der Waals surface area contributed by atoms with Crippen molar-refractivity contribution in [3.05, 3.63) is 53.1 Å². The van der Waals surface area contributed by atoms with Gasteiger partial charge in [-0.2, -0.15) is 0 Å². The summed E-state index contributed by atoms with van der Waals surface area (Å²) in [6, 6.07) is 10.2. The van der Waals surface area contributed by atoms with E-state index in [9.17, 15) is 0 Å². The van der Waals surface area contributed by atoms with Gasteiger partial charge in [-0.1, -0.05) is 26.0 Å². The van der Waals surface area contributed by atoms with Crippen LogP contribution in [0.1, 0.15) is 49.0 Å². The molecule has 0 atom stereocenters. The Morgan fingerprint density at radius 2 is 1.75 bits per heavy atom. The van der Waals surface area contributed by atoms with Crippen LogP contribution >= 0.6 is 0 Å². The van der Waals surface area contributed by atoms with E-state index in [1.54, 1.807) is 0 Å². The predicted molar refractivity (Wildman–Crippen MR) is 83.7 cm³/mol. The minimum absolute atomic E-state index is 0.451. The van der Waals surface area contributed by atoms with Crippen molar-refractivity contribution >= 4 is 5.69 Å². The minimum Gasteiger partial charge on any atom is -0.399 e. The third kappa shape index (κ3) is 4.05. The average Bonchev–Trinajstić information content (AvgIpc) is 2.40. The number of hydrogen-bond acceptors (Lipinski definition) is 3. The Morgan fingerprint density at radius 3 is 2.40 bits per heavy atom. The number of aromatic nitrogens is 2. The average molecular weight is 269 g/mol. The van der Waals surface area contributed by atoms with E-state index in [1.165, 1.54) is 5.56 Å². The first-order valence-electron chi connectivity index (χ1n) is 7.23. The summed E-state index contributed by atoms with van der Waals surface area (Å²) in [6.45, 7) is 6.37. The fourth-order valence-electron chi connectivity index (χ4n) is 2.20. The zero-order chi connectivity index (χ0) is 14.5. The highest BCUT2D eigenvalue weighted by Crippen LogP contribution is 2.14. The van der Waals surface area contributed by atoms with Crippen LogP contribution < -0.4 is 5.73 Å². The number of benzene rings is 1. The molecule has 1 aromatic heterocycles. The molecule has 0 fully saturated rings. The second-order valence-electron chi connectivity index (χ2n) is 5.60. The molecule has 0 radical (unpaired) electrons. The largest absolute Gasteiger partial charge is 0.399 e. The molecule has 0 spiro atoms. The van der Waals surface area contributed by atoms with Crippen LogP contribution in [-0.4, -0.2) is 9.97 Å². The highest BCUT2D eigenvalue weighted by molar-refractivity contribution is 5.39. The summed E-state index contributed by atoms with van der Waals surface area (Å²) in [4.78, 5) is 9.18. The maximum absolute atomic E-state index is 5.69. The van der Waals surface area contributed by atoms with Crippen molar-refractivity contribution in [3.63, 3.8) is 0 Å². The first-order valence-corrected chi connectivity index (χ1v) is 7.23. The second kappa shape index (κ2) is 6.51. The van der Waals surface area contributed by atoms with Crippen LogP contribution in [0.2, 0.25) is 0 Å². The van der Waals surface area contributed by atoms with Gasteiger partial charge in [0.2, 0.25) is 0 Å². The number of nitrogens with two attached hydrogens (primary N) is 1. The van der Waals surface area contributed by atoms with Gasteiger partial charge >= 0.3 is 0 Å². The first kappa shape index (κ1) is 14.5. The van der Waals surface area contributed by atoms with Gasteiger partial charge in [-0.15, -0.1) is 0 Å². The Kier molecular flexibility index (Phi) is 4.72. The fraction of sp³-hybridized carbons (Fsp3) is 0.412. The van der Waals surface area contributed by atoms with Gasteiger partial charge in [0.1, 0.15) is 5.82 Å².